The van der Waals surface area contributed by atoms with Gasteiger partial charge in [-0.2, -0.15) is 0 Å². The van der Waals surface area contributed by atoms with Crippen LogP contribution in [0.1, 0.15) is 11.1 Å². The third kappa shape index (κ3) is 3.04. The van der Waals surface area contributed by atoms with E-state index in [-0.39, 0.29) is 5.75 Å². The van der Waals surface area contributed by atoms with E-state index < -0.39 is 6.09 Å². The van der Waals surface area contributed by atoms with Crippen molar-refractivity contribution >= 4 is 11.8 Å². The molecular formula is C15H15NO3. The van der Waals surface area contributed by atoms with E-state index in [0.717, 1.165) is 5.56 Å². The van der Waals surface area contributed by atoms with Gasteiger partial charge in [0.1, 0.15) is 11.5 Å². The Labute approximate surface area is 111 Å². The molecule has 2 N–H and O–H groups in total. The number of para-hydroxylation sites is 1. The van der Waals surface area contributed by atoms with Gasteiger partial charge in [0.05, 0.1) is 5.69 Å². The van der Waals surface area contributed by atoms with Crippen molar-refractivity contribution in [2.45, 2.75) is 13.8 Å². The average Bonchev–Trinajstić information content (AvgIpc) is 2.41. The van der Waals surface area contributed by atoms with E-state index in [0.29, 0.717) is 17.0 Å². The number of anilines is 1. The fourth-order valence-corrected chi connectivity index (χ4v) is 1.70. The molecule has 2 rings (SSSR count). The van der Waals surface area contributed by atoms with Crippen molar-refractivity contribution in [1.82, 2.24) is 0 Å². The van der Waals surface area contributed by atoms with Crippen molar-refractivity contribution in [3.05, 3.63) is 53.6 Å². The summed E-state index contributed by atoms with van der Waals surface area (Å²) in [4.78, 5) is 11.7. The molecule has 0 saturated heterocycles. The predicted octanol–water partition coefficient (Wildman–Crippen LogP) is 3.62. The highest BCUT2D eigenvalue weighted by molar-refractivity contribution is 5.87. The zero-order chi connectivity index (χ0) is 13.8. The summed E-state index contributed by atoms with van der Waals surface area (Å²) in [5, 5.41) is 12.4. The molecule has 19 heavy (non-hydrogen) atoms. The van der Waals surface area contributed by atoms with Gasteiger partial charge in [-0.1, -0.05) is 24.3 Å². The van der Waals surface area contributed by atoms with Crippen LogP contribution in [0.3, 0.4) is 0 Å². The molecule has 0 aromatic heterocycles. The lowest BCUT2D eigenvalue weighted by Gasteiger charge is -2.11. The normalized spacial score (nSPS) is 10.0. The predicted molar refractivity (Wildman–Crippen MR) is 73.7 cm³/mol. The standard InChI is InChI=1S/C15H15NO3/c1-10-8-9-13(11(2)14(10)17)16-15(18)19-12-6-4-3-5-7-12/h3-9,17H,1-2H3,(H,16,18). The first-order chi connectivity index (χ1) is 9.08. The lowest BCUT2D eigenvalue weighted by molar-refractivity contribution is 0.215. The molecule has 4 heteroatoms. The van der Waals surface area contributed by atoms with Crippen LogP contribution in [0.4, 0.5) is 10.5 Å². The number of rotatable bonds is 2. The molecule has 0 atom stereocenters. The number of hydrogen-bond donors (Lipinski definition) is 2. The lowest BCUT2D eigenvalue weighted by Crippen LogP contribution is -2.17. The third-order valence-corrected chi connectivity index (χ3v) is 2.82. The summed E-state index contributed by atoms with van der Waals surface area (Å²) in [6.07, 6.45) is -0.586. The smallest absolute Gasteiger partial charge is 0.417 e. The molecule has 4 nitrogen and oxygen atoms in total. The average molecular weight is 257 g/mol. The van der Waals surface area contributed by atoms with Gasteiger partial charge in [0.25, 0.3) is 0 Å². The van der Waals surface area contributed by atoms with Gasteiger partial charge in [0.15, 0.2) is 0 Å². The van der Waals surface area contributed by atoms with Gasteiger partial charge in [-0.05, 0) is 37.6 Å². The lowest BCUT2D eigenvalue weighted by atomic mass is 10.1. The molecule has 0 radical (unpaired) electrons. The Hall–Kier alpha value is -2.49. The molecule has 0 bridgehead atoms. The topological polar surface area (TPSA) is 58.6 Å². The van der Waals surface area contributed by atoms with Crippen molar-refractivity contribution in [2.24, 2.45) is 0 Å². The molecule has 0 unspecified atom stereocenters. The largest absolute Gasteiger partial charge is 0.507 e. The van der Waals surface area contributed by atoms with E-state index >= 15 is 0 Å². The first kappa shape index (κ1) is 13.0. The number of amides is 1. The maximum absolute atomic E-state index is 11.7. The van der Waals surface area contributed by atoms with E-state index in [9.17, 15) is 9.90 Å². The fraction of sp³-hybridized carbons (Fsp3) is 0.133. The molecule has 0 aliphatic carbocycles. The van der Waals surface area contributed by atoms with E-state index in [4.69, 9.17) is 4.74 Å². The molecule has 2 aromatic carbocycles. The Kier molecular flexibility index (Phi) is 3.71. The van der Waals surface area contributed by atoms with Crippen LogP contribution >= 0.6 is 0 Å². The van der Waals surface area contributed by atoms with E-state index in [2.05, 4.69) is 5.32 Å². The minimum atomic E-state index is -0.586. The highest BCUT2D eigenvalue weighted by Gasteiger charge is 2.10. The number of hydrogen-bond acceptors (Lipinski definition) is 3. The van der Waals surface area contributed by atoms with Gasteiger partial charge < -0.3 is 9.84 Å². The summed E-state index contributed by atoms with van der Waals surface area (Å²) < 4.78 is 5.11. The Morgan fingerprint density at radius 3 is 2.47 bits per heavy atom. The summed E-state index contributed by atoms with van der Waals surface area (Å²) in [6, 6.07) is 12.3. The summed E-state index contributed by atoms with van der Waals surface area (Å²) in [6.45, 7) is 3.54. The molecule has 0 aliphatic rings. The van der Waals surface area contributed by atoms with Gasteiger partial charge in [-0.25, -0.2) is 4.79 Å². The highest BCUT2D eigenvalue weighted by atomic mass is 16.6. The first-order valence-corrected chi connectivity index (χ1v) is 5.91. The number of phenolic OH excluding ortho intramolecular Hbond substituents is 1. The minimum absolute atomic E-state index is 0.178. The van der Waals surface area contributed by atoms with Crippen LogP contribution in [0.15, 0.2) is 42.5 Å². The quantitative estimate of drug-likeness (QED) is 0.863. The van der Waals surface area contributed by atoms with Crippen LogP contribution in [-0.4, -0.2) is 11.2 Å². The van der Waals surface area contributed by atoms with Gasteiger partial charge >= 0.3 is 6.09 Å². The molecule has 0 fully saturated rings. The zero-order valence-corrected chi connectivity index (χ0v) is 10.8. The van der Waals surface area contributed by atoms with Crippen molar-refractivity contribution in [3.8, 4) is 11.5 Å². The Morgan fingerprint density at radius 2 is 1.79 bits per heavy atom. The van der Waals surface area contributed by atoms with Crippen LogP contribution in [0, 0.1) is 13.8 Å². The number of aromatic hydroxyl groups is 1. The maximum Gasteiger partial charge on any atom is 0.417 e. The van der Waals surface area contributed by atoms with Crippen LogP contribution in [0.25, 0.3) is 0 Å². The molecule has 0 heterocycles. The monoisotopic (exact) mass is 257 g/mol. The summed E-state index contributed by atoms with van der Waals surface area (Å²) in [7, 11) is 0. The number of ether oxygens (including phenoxy) is 1. The molecule has 0 saturated carbocycles. The van der Waals surface area contributed by atoms with E-state index in [1.807, 2.05) is 6.07 Å². The highest BCUT2D eigenvalue weighted by Crippen LogP contribution is 2.28. The maximum atomic E-state index is 11.7. The molecule has 2 aromatic rings. The van der Waals surface area contributed by atoms with Crippen LogP contribution in [-0.2, 0) is 0 Å². The number of aryl methyl sites for hydroxylation is 1. The van der Waals surface area contributed by atoms with Crippen molar-refractivity contribution in [2.75, 3.05) is 5.32 Å². The summed E-state index contributed by atoms with van der Waals surface area (Å²) >= 11 is 0. The number of carbonyl (C=O) groups is 1. The number of benzene rings is 2. The SMILES string of the molecule is Cc1ccc(NC(=O)Oc2ccccc2)c(C)c1O. The van der Waals surface area contributed by atoms with Gasteiger partial charge in [0, 0.05) is 5.56 Å². The summed E-state index contributed by atoms with van der Waals surface area (Å²) in [5.41, 5.74) is 1.91. The second-order valence-electron chi connectivity index (χ2n) is 4.23. The number of phenols is 1. The van der Waals surface area contributed by atoms with Gasteiger partial charge in [0.2, 0.25) is 0 Å². The molecule has 98 valence electrons. The van der Waals surface area contributed by atoms with Crippen LogP contribution < -0.4 is 10.1 Å². The number of nitrogens with one attached hydrogen (secondary N) is 1. The molecule has 0 aliphatic heterocycles. The minimum Gasteiger partial charge on any atom is -0.507 e. The molecule has 1 amide bonds. The van der Waals surface area contributed by atoms with Crippen molar-refractivity contribution in [3.63, 3.8) is 0 Å². The zero-order valence-electron chi connectivity index (χ0n) is 10.8. The number of carbonyl (C=O) groups excluding carboxylic acids is 1. The Bertz CT molecular complexity index is 594. The van der Waals surface area contributed by atoms with Gasteiger partial charge in [-0.15, -0.1) is 0 Å². The summed E-state index contributed by atoms with van der Waals surface area (Å²) in [5.74, 6) is 0.645. The van der Waals surface area contributed by atoms with Crippen LogP contribution in [0.2, 0.25) is 0 Å². The van der Waals surface area contributed by atoms with Gasteiger partial charge in [-0.3, -0.25) is 5.32 Å². The van der Waals surface area contributed by atoms with Crippen molar-refractivity contribution < 1.29 is 14.6 Å². The van der Waals surface area contributed by atoms with Crippen LogP contribution in [0.5, 0.6) is 11.5 Å². The molecule has 0 spiro atoms. The third-order valence-electron chi connectivity index (χ3n) is 2.82. The Balaban J connectivity index is 2.10. The molecular weight excluding hydrogens is 242 g/mol. The fourth-order valence-electron chi connectivity index (χ4n) is 1.70. The van der Waals surface area contributed by atoms with E-state index in [1.54, 1.807) is 50.2 Å². The second kappa shape index (κ2) is 5.44. The Morgan fingerprint density at radius 1 is 1.11 bits per heavy atom. The van der Waals surface area contributed by atoms with E-state index in [1.165, 1.54) is 0 Å². The first-order valence-electron chi connectivity index (χ1n) is 5.91. The van der Waals surface area contributed by atoms with Crippen molar-refractivity contribution in [1.29, 1.82) is 0 Å². The second-order valence-corrected chi connectivity index (χ2v) is 4.23.